The van der Waals surface area contributed by atoms with Gasteiger partial charge in [0.2, 0.25) is 0 Å². The number of para-hydroxylation sites is 1. The molecule has 0 saturated carbocycles. The average molecular weight is 355 g/mol. The molecule has 3 nitrogen and oxygen atoms in total. The smallest absolute Gasteiger partial charge is 0.259 e. The maximum absolute atomic E-state index is 12.3. The van der Waals surface area contributed by atoms with Gasteiger partial charge < -0.3 is 10.1 Å². The summed E-state index contributed by atoms with van der Waals surface area (Å²) in [5.74, 6) is 0.280. The van der Waals surface area contributed by atoms with Crippen LogP contribution in [0, 0.1) is 6.92 Å². The molecule has 0 heterocycles. The van der Waals surface area contributed by atoms with Crippen LogP contribution >= 0.6 is 27.5 Å². The fourth-order valence-electron chi connectivity index (χ4n) is 1.76. The molecule has 0 saturated heterocycles. The number of amides is 1. The first-order valence-corrected chi connectivity index (χ1v) is 7.10. The number of ether oxygens (including phenoxy) is 1. The van der Waals surface area contributed by atoms with Crippen LogP contribution in [0.5, 0.6) is 5.75 Å². The molecular weight excluding hydrogens is 342 g/mol. The van der Waals surface area contributed by atoms with Crippen LogP contribution in [-0.4, -0.2) is 13.0 Å². The summed E-state index contributed by atoms with van der Waals surface area (Å²) in [6, 6.07) is 10.6. The van der Waals surface area contributed by atoms with Crippen LogP contribution in [0.3, 0.4) is 0 Å². The second-order valence-corrected chi connectivity index (χ2v) is 5.50. The Bertz CT molecular complexity index is 658. The number of hydrogen-bond donors (Lipinski definition) is 1. The quantitative estimate of drug-likeness (QED) is 0.869. The summed E-state index contributed by atoms with van der Waals surface area (Å²) in [4.78, 5) is 12.3. The number of anilines is 1. The predicted molar refractivity (Wildman–Crippen MR) is 84.8 cm³/mol. The topological polar surface area (TPSA) is 38.3 Å². The van der Waals surface area contributed by atoms with Gasteiger partial charge in [-0.3, -0.25) is 4.79 Å². The lowest BCUT2D eigenvalue weighted by atomic mass is 10.1. The maximum atomic E-state index is 12.3. The van der Waals surface area contributed by atoms with E-state index in [1.807, 2.05) is 19.1 Å². The van der Waals surface area contributed by atoms with Gasteiger partial charge in [-0.15, -0.1) is 0 Å². The lowest BCUT2D eigenvalue weighted by Gasteiger charge is -2.11. The summed E-state index contributed by atoms with van der Waals surface area (Å²) in [6.45, 7) is 1.90. The van der Waals surface area contributed by atoms with Gasteiger partial charge in [0.25, 0.3) is 5.91 Å². The van der Waals surface area contributed by atoms with Gasteiger partial charge in [-0.25, -0.2) is 0 Å². The lowest BCUT2D eigenvalue weighted by molar-refractivity contribution is 0.102. The van der Waals surface area contributed by atoms with E-state index in [4.69, 9.17) is 16.3 Å². The summed E-state index contributed by atoms with van der Waals surface area (Å²) in [5, 5.41) is 3.42. The zero-order valence-electron chi connectivity index (χ0n) is 11.0. The third kappa shape index (κ3) is 3.14. The molecule has 104 valence electrons. The van der Waals surface area contributed by atoms with Crippen molar-refractivity contribution in [3.63, 3.8) is 0 Å². The van der Waals surface area contributed by atoms with Gasteiger partial charge >= 0.3 is 0 Å². The second kappa shape index (κ2) is 6.29. The molecule has 1 N–H and O–H groups in total. The van der Waals surface area contributed by atoms with Crippen LogP contribution in [0.15, 0.2) is 40.9 Å². The molecule has 0 spiro atoms. The van der Waals surface area contributed by atoms with E-state index in [-0.39, 0.29) is 5.91 Å². The number of nitrogens with one attached hydrogen (secondary N) is 1. The van der Waals surface area contributed by atoms with E-state index < -0.39 is 0 Å². The Morgan fingerprint density at radius 1 is 1.30 bits per heavy atom. The summed E-state index contributed by atoms with van der Waals surface area (Å²) in [6.07, 6.45) is 0. The molecule has 0 aliphatic carbocycles. The molecule has 0 atom stereocenters. The van der Waals surface area contributed by atoms with Crippen molar-refractivity contribution in [1.29, 1.82) is 0 Å². The van der Waals surface area contributed by atoms with Crippen LogP contribution in [-0.2, 0) is 0 Å². The Balaban J connectivity index is 2.30. The van der Waals surface area contributed by atoms with E-state index in [9.17, 15) is 4.79 Å². The van der Waals surface area contributed by atoms with E-state index in [1.54, 1.807) is 24.3 Å². The van der Waals surface area contributed by atoms with Crippen molar-refractivity contribution >= 4 is 39.1 Å². The third-order valence-electron chi connectivity index (χ3n) is 2.85. The molecule has 0 bridgehead atoms. The largest absolute Gasteiger partial charge is 0.496 e. The number of halogens is 2. The highest BCUT2D eigenvalue weighted by Crippen LogP contribution is 2.30. The monoisotopic (exact) mass is 353 g/mol. The van der Waals surface area contributed by atoms with Crippen LogP contribution < -0.4 is 10.1 Å². The minimum absolute atomic E-state index is 0.247. The van der Waals surface area contributed by atoms with Crippen molar-refractivity contribution in [2.75, 3.05) is 12.4 Å². The normalized spacial score (nSPS) is 10.2. The van der Waals surface area contributed by atoms with Gasteiger partial charge in [0.1, 0.15) is 5.75 Å². The van der Waals surface area contributed by atoms with E-state index >= 15 is 0 Å². The standard InChI is InChI=1S/C15H13BrClNO2/c1-9-7-11(16)13(8-12(9)17)18-15(19)10-5-3-4-6-14(10)20-2/h3-8H,1-2H3,(H,18,19). The molecule has 5 heteroatoms. The van der Waals surface area contributed by atoms with Gasteiger partial charge in [-0.05, 0) is 52.7 Å². The SMILES string of the molecule is COc1ccccc1C(=O)Nc1cc(Cl)c(C)cc1Br. The van der Waals surface area contributed by atoms with Gasteiger partial charge in [0.05, 0.1) is 18.4 Å². The molecular formula is C15H13BrClNO2. The van der Waals surface area contributed by atoms with E-state index in [1.165, 1.54) is 7.11 Å². The summed E-state index contributed by atoms with van der Waals surface area (Å²) < 4.78 is 5.96. The minimum Gasteiger partial charge on any atom is -0.496 e. The Labute approximate surface area is 131 Å². The maximum Gasteiger partial charge on any atom is 0.259 e. The van der Waals surface area contributed by atoms with Crippen molar-refractivity contribution in [3.8, 4) is 5.75 Å². The summed E-state index contributed by atoms with van der Waals surface area (Å²) in [5.41, 5.74) is 2.03. The second-order valence-electron chi connectivity index (χ2n) is 4.24. The molecule has 0 unspecified atom stereocenters. The van der Waals surface area contributed by atoms with Crippen LogP contribution in [0.1, 0.15) is 15.9 Å². The Morgan fingerprint density at radius 3 is 2.70 bits per heavy atom. The molecule has 0 radical (unpaired) electrons. The van der Waals surface area contributed by atoms with Gasteiger partial charge in [-0.1, -0.05) is 23.7 Å². The minimum atomic E-state index is -0.247. The number of hydrogen-bond acceptors (Lipinski definition) is 2. The van der Waals surface area contributed by atoms with Gasteiger partial charge in [-0.2, -0.15) is 0 Å². The van der Waals surface area contributed by atoms with Crippen molar-refractivity contribution in [2.45, 2.75) is 6.92 Å². The zero-order valence-corrected chi connectivity index (χ0v) is 13.4. The summed E-state index contributed by atoms with van der Waals surface area (Å²) >= 11 is 9.49. The molecule has 2 rings (SSSR count). The first kappa shape index (κ1) is 14.9. The molecule has 0 fully saturated rings. The molecule has 0 aromatic heterocycles. The first-order chi connectivity index (χ1) is 9.52. The first-order valence-electron chi connectivity index (χ1n) is 5.93. The third-order valence-corrected chi connectivity index (χ3v) is 3.91. The molecule has 2 aromatic rings. The highest BCUT2D eigenvalue weighted by atomic mass is 79.9. The molecule has 0 aliphatic rings. The fraction of sp³-hybridized carbons (Fsp3) is 0.133. The highest BCUT2D eigenvalue weighted by Gasteiger charge is 2.13. The lowest BCUT2D eigenvalue weighted by Crippen LogP contribution is -2.13. The Kier molecular flexibility index (Phi) is 4.68. The number of carbonyl (C=O) groups excluding carboxylic acids is 1. The molecule has 1 amide bonds. The predicted octanol–water partition coefficient (Wildman–Crippen LogP) is 4.67. The number of methoxy groups -OCH3 is 1. The summed E-state index contributed by atoms with van der Waals surface area (Å²) in [7, 11) is 1.53. The Morgan fingerprint density at radius 2 is 2.00 bits per heavy atom. The van der Waals surface area contributed by atoms with Crippen molar-refractivity contribution in [3.05, 3.63) is 57.0 Å². The number of carbonyl (C=O) groups is 1. The number of aryl methyl sites for hydroxylation is 1. The van der Waals surface area contributed by atoms with Crippen LogP contribution in [0.25, 0.3) is 0 Å². The average Bonchev–Trinajstić information content (AvgIpc) is 2.44. The molecule has 0 aliphatic heterocycles. The van der Waals surface area contributed by atoms with Crippen molar-refractivity contribution in [2.24, 2.45) is 0 Å². The van der Waals surface area contributed by atoms with Crippen LogP contribution in [0.4, 0.5) is 5.69 Å². The zero-order chi connectivity index (χ0) is 14.7. The van der Waals surface area contributed by atoms with E-state index in [2.05, 4.69) is 21.2 Å². The van der Waals surface area contributed by atoms with Gasteiger partial charge in [0.15, 0.2) is 0 Å². The van der Waals surface area contributed by atoms with E-state index in [0.717, 1.165) is 10.0 Å². The van der Waals surface area contributed by atoms with Crippen LogP contribution in [0.2, 0.25) is 5.02 Å². The fourth-order valence-corrected chi connectivity index (χ4v) is 2.48. The highest BCUT2D eigenvalue weighted by molar-refractivity contribution is 9.10. The van der Waals surface area contributed by atoms with Crippen molar-refractivity contribution in [1.82, 2.24) is 0 Å². The Hall–Kier alpha value is -1.52. The molecule has 2 aromatic carbocycles. The number of rotatable bonds is 3. The molecule has 20 heavy (non-hydrogen) atoms. The number of benzene rings is 2. The van der Waals surface area contributed by atoms with Crippen molar-refractivity contribution < 1.29 is 9.53 Å². The van der Waals surface area contributed by atoms with Gasteiger partial charge in [0, 0.05) is 9.50 Å². The van der Waals surface area contributed by atoms with E-state index in [0.29, 0.717) is 22.0 Å².